The van der Waals surface area contributed by atoms with Crippen molar-refractivity contribution in [2.45, 2.75) is 11.3 Å². The van der Waals surface area contributed by atoms with Gasteiger partial charge in [-0.3, -0.25) is 4.72 Å². The van der Waals surface area contributed by atoms with Gasteiger partial charge in [0.1, 0.15) is 5.75 Å². The number of hydrogen-bond acceptors (Lipinski definition) is 4. The maximum atomic E-state index is 12.2. The van der Waals surface area contributed by atoms with Gasteiger partial charge in [-0.2, -0.15) is 5.26 Å². The van der Waals surface area contributed by atoms with Crippen LogP contribution in [0.3, 0.4) is 0 Å². The molecule has 2 rings (SSSR count). The molecule has 0 bridgehead atoms. The van der Waals surface area contributed by atoms with E-state index in [0.29, 0.717) is 0 Å². The molecule has 0 fully saturated rings. The Labute approximate surface area is 130 Å². The average Bonchev–Trinajstić information content (AvgIpc) is 2.45. The van der Waals surface area contributed by atoms with Crippen molar-refractivity contribution >= 4 is 15.7 Å². The molecule has 0 saturated carbocycles. The zero-order valence-corrected chi connectivity index (χ0v) is 12.1. The summed E-state index contributed by atoms with van der Waals surface area (Å²) in [4.78, 5) is -0.182. The molecule has 0 saturated heterocycles. The number of anilines is 1. The first-order valence-corrected chi connectivity index (χ1v) is 7.57. The predicted octanol–water partition coefficient (Wildman–Crippen LogP) is 3.26. The summed E-state index contributed by atoms with van der Waals surface area (Å²) >= 11 is 0. The zero-order valence-electron chi connectivity index (χ0n) is 11.3. The van der Waals surface area contributed by atoms with Gasteiger partial charge in [-0.15, -0.1) is 13.2 Å². The summed E-state index contributed by atoms with van der Waals surface area (Å²) in [5, 5.41) is 8.77. The summed E-state index contributed by atoms with van der Waals surface area (Å²) in [6.45, 7) is 0. The van der Waals surface area contributed by atoms with Crippen LogP contribution in [0, 0.1) is 11.3 Å². The molecule has 0 aromatic heterocycles. The van der Waals surface area contributed by atoms with Crippen molar-refractivity contribution in [2.75, 3.05) is 4.72 Å². The minimum absolute atomic E-state index is 0.103. The van der Waals surface area contributed by atoms with Crippen LogP contribution in [0.15, 0.2) is 53.4 Å². The normalized spacial score (nSPS) is 11.6. The smallest absolute Gasteiger partial charge is 0.406 e. The summed E-state index contributed by atoms with van der Waals surface area (Å²) in [5.41, 5.74) is 0.0381. The van der Waals surface area contributed by atoms with Crippen molar-refractivity contribution in [1.82, 2.24) is 0 Å². The van der Waals surface area contributed by atoms with E-state index in [9.17, 15) is 21.6 Å². The van der Waals surface area contributed by atoms with Crippen molar-refractivity contribution in [3.8, 4) is 11.8 Å². The molecule has 0 amide bonds. The van der Waals surface area contributed by atoms with Gasteiger partial charge in [0.15, 0.2) is 0 Å². The molecule has 0 aliphatic heterocycles. The quantitative estimate of drug-likeness (QED) is 0.925. The highest BCUT2D eigenvalue weighted by Gasteiger charge is 2.31. The molecule has 0 spiro atoms. The van der Waals surface area contributed by atoms with E-state index in [0.717, 1.165) is 18.2 Å². The highest BCUT2D eigenvalue weighted by atomic mass is 32.2. The number of nitrogens with zero attached hydrogens (tertiary/aromatic N) is 1. The molecule has 2 aromatic rings. The van der Waals surface area contributed by atoms with Crippen molar-refractivity contribution in [3.05, 3.63) is 54.1 Å². The standard InChI is InChI=1S/C14H9F3N2O3S/c15-14(16,17)22-12-5-2-4-11(8-12)19-23(20,21)13-6-1-3-10(7-13)9-18/h1-8,19H. The van der Waals surface area contributed by atoms with Crippen LogP contribution in [-0.4, -0.2) is 14.8 Å². The van der Waals surface area contributed by atoms with Crippen LogP contribution >= 0.6 is 0 Å². The molecule has 9 heteroatoms. The molecule has 2 aromatic carbocycles. The third-order valence-electron chi connectivity index (χ3n) is 2.59. The molecule has 120 valence electrons. The van der Waals surface area contributed by atoms with Crippen LogP contribution in [0.2, 0.25) is 0 Å². The van der Waals surface area contributed by atoms with E-state index in [4.69, 9.17) is 5.26 Å². The van der Waals surface area contributed by atoms with Gasteiger partial charge in [0.2, 0.25) is 0 Å². The van der Waals surface area contributed by atoms with Gasteiger partial charge in [0.05, 0.1) is 22.2 Å². The molecule has 23 heavy (non-hydrogen) atoms. The molecule has 0 unspecified atom stereocenters. The third-order valence-corrected chi connectivity index (χ3v) is 3.97. The van der Waals surface area contributed by atoms with Gasteiger partial charge in [-0.25, -0.2) is 8.42 Å². The van der Waals surface area contributed by atoms with Crippen LogP contribution < -0.4 is 9.46 Å². The van der Waals surface area contributed by atoms with Crippen molar-refractivity contribution in [1.29, 1.82) is 5.26 Å². The molecule has 0 atom stereocenters. The topological polar surface area (TPSA) is 79.2 Å². The maximum absolute atomic E-state index is 12.2. The highest BCUT2D eigenvalue weighted by molar-refractivity contribution is 7.92. The summed E-state index contributed by atoms with van der Waals surface area (Å²) < 4.78 is 66.7. The fraction of sp³-hybridized carbons (Fsp3) is 0.0714. The Hall–Kier alpha value is -2.73. The molecular formula is C14H9F3N2O3S. The fourth-order valence-corrected chi connectivity index (χ4v) is 2.80. The van der Waals surface area contributed by atoms with E-state index in [-0.39, 0.29) is 16.1 Å². The second-order valence-electron chi connectivity index (χ2n) is 4.32. The second-order valence-corrected chi connectivity index (χ2v) is 6.00. The summed E-state index contributed by atoms with van der Waals surface area (Å²) in [6.07, 6.45) is -4.88. The highest BCUT2D eigenvalue weighted by Crippen LogP contribution is 2.26. The number of ether oxygens (including phenoxy) is 1. The second kappa shape index (κ2) is 6.18. The first kappa shape index (κ1) is 16.6. The third kappa shape index (κ3) is 4.62. The van der Waals surface area contributed by atoms with Gasteiger partial charge in [-0.1, -0.05) is 12.1 Å². The summed E-state index contributed by atoms with van der Waals surface area (Å²) in [5.74, 6) is -0.552. The van der Waals surface area contributed by atoms with Gasteiger partial charge >= 0.3 is 6.36 Å². The van der Waals surface area contributed by atoms with Crippen LogP contribution in [0.25, 0.3) is 0 Å². The van der Waals surface area contributed by atoms with Gasteiger partial charge < -0.3 is 4.74 Å². The van der Waals surface area contributed by atoms with Crippen LogP contribution in [0.4, 0.5) is 18.9 Å². The lowest BCUT2D eigenvalue weighted by molar-refractivity contribution is -0.274. The Morgan fingerprint density at radius 2 is 1.78 bits per heavy atom. The Morgan fingerprint density at radius 3 is 2.43 bits per heavy atom. The molecule has 0 aliphatic carbocycles. The number of benzene rings is 2. The first-order valence-electron chi connectivity index (χ1n) is 6.08. The summed E-state index contributed by atoms with van der Waals surface area (Å²) in [7, 11) is -4.04. The SMILES string of the molecule is N#Cc1cccc(S(=O)(=O)Nc2cccc(OC(F)(F)F)c2)c1. The minimum atomic E-state index is -4.88. The molecule has 5 nitrogen and oxygen atoms in total. The monoisotopic (exact) mass is 342 g/mol. The van der Waals surface area contributed by atoms with Crippen molar-refractivity contribution in [2.24, 2.45) is 0 Å². The number of rotatable bonds is 4. The van der Waals surface area contributed by atoms with E-state index in [1.165, 1.54) is 30.3 Å². The predicted molar refractivity (Wildman–Crippen MR) is 75.1 cm³/mol. The Morgan fingerprint density at radius 1 is 1.09 bits per heavy atom. The Kier molecular flexibility index (Phi) is 4.47. The van der Waals surface area contributed by atoms with E-state index >= 15 is 0 Å². The fourth-order valence-electron chi connectivity index (χ4n) is 1.70. The Bertz CT molecular complexity index is 858. The van der Waals surface area contributed by atoms with Crippen LogP contribution in [-0.2, 0) is 10.0 Å². The zero-order chi connectivity index (χ0) is 17.1. The molecule has 0 heterocycles. The van der Waals surface area contributed by atoms with Crippen molar-refractivity contribution < 1.29 is 26.3 Å². The largest absolute Gasteiger partial charge is 0.573 e. The van der Waals surface area contributed by atoms with Gasteiger partial charge in [-0.05, 0) is 30.3 Å². The van der Waals surface area contributed by atoms with E-state index in [1.54, 1.807) is 6.07 Å². The Balaban J connectivity index is 2.27. The first-order chi connectivity index (χ1) is 10.7. The maximum Gasteiger partial charge on any atom is 0.573 e. The lowest BCUT2D eigenvalue weighted by Crippen LogP contribution is -2.17. The van der Waals surface area contributed by atoms with Crippen molar-refractivity contribution in [3.63, 3.8) is 0 Å². The lowest BCUT2D eigenvalue weighted by Gasteiger charge is -2.11. The minimum Gasteiger partial charge on any atom is -0.406 e. The van der Waals surface area contributed by atoms with E-state index in [2.05, 4.69) is 9.46 Å². The molecule has 1 N–H and O–H groups in total. The number of hydrogen-bond donors (Lipinski definition) is 1. The number of sulfonamides is 1. The summed E-state index contributed by atoms with van der Waals surface area (Å²) in [6, 6.07) is 11.5. The number of nitrogens with one attached hydrogen (secondary N) is 1. The molecule has 0 aliphatic rings. The lowest BCUT2D eigenvalue weighted by atomic mass is 10.2. The molecule has 0 radical (unpaired) electrons. The number of alkyl halides is 3. The number of nitriles is 1. The van der Waals surface area contributed by atoms with E-state index < -0.39 is 22.1 Å². The van der Waals surface area contributed by atoms with Crippen LogP contribution in [0.5, 0.6) is 5.75 Å². The molecular weight excluding hydrogens is 333 g/mol. The average molecular weight is 342 g/mol. The van der Waals surface area contributed by atoms with E-state index in [1.807, 2.05) is 0 Å². The van der Waals surface area contributed by atoms with Gasteiger partial charge in [0, 0.05) is 6.07 Å². The number of halogens is 3. The van der Waals surface area contributed by atoms with Gasteiger partial charge in [0.25, 0.3) is 10.0 Å². The van der Waals surface area contributed by atoms with Crippen LogP contribution in [0.1, 0.15) is 5.56 Å².